The zero-order chi connectivity index (χ0) is 29.5. The van der Waals surface area contributed by atoms with Gasteiger partial charge in [0.1, 0.15) is 27.9 Å². The number of fused-ring (bicyclic) bond motifs is 1. The number of benzene rings is 3. The number of halogens is 2. The second kappa shape index (κ2) is 10.6. The van der Waals surface area contributed by atoms with Gasteiger partial charge >= 0.3 is 0 Å². The molecule has 1 unspecified atom stereocenters. The number of hydrogen-bond acceptors (Lipinski definition) is 7. The molecule has 5 rings (SSSR count). The van der Waals surface area contributed by atoms with Gasteiger partial charge in [0.2, 0.25) is 10.0 Å². The SMILES string of the molecule is CS(=O)(=O)Nc1ccc2c(c1)S(=O)(=O)N=C(C1=C(O)C(Cc3ccc(F)cc3)CN(Cc3ccc(F)cc3)C1=O)N2. The van der Waals surface area contributed by atoms with Gasteiger partial charge < -0.3 is 15.3 Å². The zero-order valence-electron chi connectivity index (χ0n) is 21.5. The number of carbonyl (C=O) groups excluding carboxylic acids is 1. The van der Waals surface area contributed by atoms with Gasteiger partial charge in [0.15, 0.2) is 5.84 Å². The van der Waals surface area contributed by atoms with Crippen molar-refractivity contribution in [3.05, 3.63) is 101 Å². The highest BCUT2D eigenvalue weighted by Gasteiger charge is 2.39. The number of aliphatic hydroxyl groups excluding tert-OH is 1. The molecule has 1 amide bonds. The fourth-order valence-electron chi connectivity index (χ4n) is 4.69. The minimum absolute atomic E-state index is 0.00378. The van der Waals surface area contributed by atoms with Gasteiger partial charge in [-0.1, -0.05) is 24.3 Å². The number of carbonyl (C=O) groups is 1. The summed E-state index contributed by atoms with van der Waals surface area (Å²) in [6.07, 6.45) is 1.11. The quantitative estimate of drug-likeness (QED) is 0.375. The van der Waals surface area contributed by atoms with Crippen LogP contribution in [0.2, 0.25) is 0 Å². The van der Waals surface area contributed by atoms with Crippen molar-refractivity contribution in [3.63, 3.8) is 0 Å². The number of nitrogens with zero attached hydrogens (tertiary/aromatic N) is 2. The molecule has 3 N–H and O–H groups in total. The smallest absolute Gasteiger partial charge is 0.286 e. The fourth-order valence-corrected chi connectivity index (χ4v) is 6.39. The number of hydrogen-bond donors (Lipinski definition) is 3. The predicted octanol–water partition coefficient (Wildman–Crippen LogP) is 3.56. The molecule has 2 aliphatic rings. The molecule has 0 aliphatic carbocycles. The van der Waals surface area contributed by atoms with Crippen LogP contribution in [0.1, 0.15) is 11.1 Å². The average Bonchev–Trinajstić information content (AvgIpc) is 2.89. The average molecular weight is 603 g/mol. The van der Waals surface area contributed by atoms with Crippen molar-refractivity contribution in [2.75, 3.05) is 22.8 Å². The van der Waals surface area contributed by atoms with Gasteiger partial charge in [0.25, 0.3) is 15.9 Å². The Labute approximate surface area is 235 Å². The third-order valence-corrected chi connectivity index (χ3v) is 8.45. The van der Waals surface area contributed by atoms with E-state index < -0.39 is 55.1 Å². The zero-order valence-corrected chi connectivity index (χ0v) is 23.1. The first kappa shape index (κ1) is 28.2. The Bertz CT molecular complexity index is 1810. The molecule has 41 heavy (non-hydrogen) atoms. The van der Waals surface area contributed by atoms with E-state index in [1.165, 1.54) is 53.4 Å². The topological polar surface area (TPSA) is 145 Å². The monoisotopic (exact) mass is 602 g/mol. The molecule has 2 heterocycles. The van der Waals surface area contributed by atoms with Crippen LogP contribution in [0.25, 0.3) is 0 Å². The third-order valence-electron chi connectivity index (χ3n) is 6.53. The van der Waals surface area contributed by atoms with Crippen LogP contribution >= 0.6 is 0 Å². The normalized spacial score (nSPS) is 18.4. The lowest BCUT2D eigenvalue weighted by molar-refractivity contribution is -0.129. The van der Waals surface area contributed by atoms with E-state index >= 15 is 0 Å². The van der Waals surface area contributed by atoms with Crippen LogP contribution in [0.15, 0.2) is 87.4 Å². The van der Waals surface area contributed by atoms with Gasteiger partial charge in [-0.3, -0.25) is 9.52 Å². The first-order valence-corrected chi connectivity index (χ1v) is 15.6. The molecule has 2 aliphatic heterocycles. The van der Waals surface area contributed by atoms with Gasteiger partial charge in [-0.2, -0.15) is 8.42 Å². The molecule has 0 radical (unpaired) electrons. The van der Waals surface area contributed by atoms with Crippen LogP contribution in [0.5, 0.6) is 0 Å². The van der Waals surface area contributed by atoms with Crippen LogP contribution < -0.4 is 10.0 Å². The molecule has 10 nitrogen and oxygen atoms in total. The molecule has 0 spiro atoms. The highest BCUT2D eigenvalue weighted by molar-refractivity contribution is 7.92. The molecular formula is C27H24F2N4O6S2. The molecule has 0 saturated carbocycles. The molecule has 0 saturated heterocycles. The molecule has 0 aromatic heterocycles. The molecule has 3 aromatic rings. The van der Waals surface area contributed by atoms with E-state index in [9.17, 15) is 35.5 Å². The lowest BCUT2D eigenvalue weighted by Crippen LogP contribution is -2.45. The highest BCUT2D eigenvalue weighted by Crippen LogP contribution is 2.35. The summed E-state index contributed by atoms with van der Waals surface area (Å²) >= 11 is 0. The summed E-state index contributed by atoms with van der Waals surface area (Å²) in [6, 6.07) is 14.9. The van der Waals surface area contributed by atoms with Gasteiger partial charge in [-0.05, 0) is 60.0 Å². The van der Waals surface area contributed by atoms with Crippen molar-refractivity contribution >= 4 is 43.2 Å². The number of anilines is 2. The van der Waals surface area contributed by atoms with Crippen molar-refractivity contribution in [1.82, 2.24) is 4.90 Å². The van der Waals surface area contributed by atoms with E-state index in [4.69, 9.17) is 0 Å². The Balaban J connectivity index is 1.54. The Morgan fingerprint density at radius 3 is 2.24 bits per heavy atom. The summed E-state index contributed by atoms with van der Waals surface area (Å²) < 4.78 is 82.4. The third kappa shape index (κ3) is 6.23. The lowest BCUT2D eigenvalue weighted by Gasteiger charge is -2.35. The minimum atomic E-state index is -4.44. The summed E-state index contributed by atoms with van der Waals surface area (Å²) in [5, 5.41) is 14.1. The summed E-state index contributed by atoms with van der Waals surface area (Å²) in [5.41, 5.74) is 0.922. The second-order valence-corrected chi connectivity index (χ2v) is 13.0. The maximum absolute atomic E-state index is 13.7. The van der Waals surface area contributed by atoms with Gasteiger partial charge in [-0.25, -0.2) is 17.2 Å². The van der Waals surface area contributed by atoms with Crippen molar-refractivity contribution < 1.29 is 35.5 Å². The van der Waals surface area contributed by atoms with E-state index in [1.807, 2.05) is 0 Å². The summed E-state index contributed by atoms with van der Waals surface area (Å²) in [5.74, 6) is -3.10. The Morgan fingerprint density at radius 1 is 1.02 bits per heavy atom. The van der Waals surface area contributed by atoms with Crippen LogP contribution in [0.3, 0.4) is 0 Å². The van der Waals surface area contributed by atoms with Crippen LogP contribution in [0, 0.1) is 17.6 Å². The maximum Gasteiger partial charge on any atom is 0.286 e. The predicted molar refractivity (Wildman–Crippen MR) is 148 cm³/mol. The Hall–Kier alpha value is -4.30. The van der Waals surface area contributed by atoms with Crippen LogP contribution in [0.4, 0.5) is 20.2 Å². The molecule has 0 bridgehead atoms. The van der Waals surface area contributed by atoms with Crippen molar-refractivity contribution in [1.29, 1.82) is 0 Å². The van der Waals surface area contributed by atoms with E-state index in [1.54, 1.807) is 12.1 Å². The minimum Gasteiger partial charge on any atom is -0.511 e. The molecule has 0 fully saturated rings. The summed E-state index contributed by atoms with van der Waals surface area (Å²) in [4.78, 5) is 14.7. The van der Waals surface area contributed by atoms with Gasteiger partial charge in [-0.15, -0.1) is 4.40 Å². The number of nitrogens with one attached hydrogen (secondary N) is 2. The first-order valence-electron chi connectivity index (χ1n) is 12.2. The van der Waals surface area contributed by atoms with E-state index in [0.717, 1.165) is 12.3 Å². The Kier molecular flexibility index (Phi) is 7.30. The Morgan fingerprint density at radius 2 is 1.63 bits per heavy atom. The second-order valence-electron chi connectivity index (χ2n) is 9.73. The number of aliphatic hydroxyl groups is 1. The van der Waals surface area contributed by atoms with E-state index in [2.05, 4.69) is 14.4 Å². The standard InChI is InChI=1S/C27H24F2N4O6S2/c1-40(36,37)31-21-10-11-22-23(13-21)41(38,39)32-26(30-22)24-25(34)18(12-16-2-6-19(28)7-3-16)15-33(27(24)35)14-17-4-8-20(29)9-5-17/h2-11,13,18,31,34H,12,14-15H2,1H3,(H,30,32). The van der Waals surface area contributed by atoms with Crippen LogP contribution in [-0.2, 0) is 37.8 Å². The number of rotatable bonds is 7. The molecule has 14 heteroatoms. The number of amidine groups is 1. The van der Waals surface area contributed by atoms with E-state index in [0.29, 0.717) is 11.1 Å². The number of amides is 1. The summed E-state index contributed by atoms with van der Waals surface area (Å²) in [7, 11) is -8.12. The molecular weight excluding hydrogens is 578 g/mol. The highest BCUT2D eigenvalue weighted by atomic mass is 32.2. The van der Waals surface area contributed by atoms with Gasteiger partial charge in [0, 0.05) is 24.7 Å². The van der Waals surface area contributed by atoms with Crippen LogP contribution in [-0.4, -0.2) is 51.4 Å². The van der Waals surface area contributed by atoms with Crippen molar-refractivity contribution in [3.8, 4) is 0 Å². The molecule has 214 valence electrons. The maximum atomic E-state index is 13.7. The molecule has 3 aromatic carbocycles. The first-order chi connectivity index (χ1) is 19.3. The van der Waals surface area contributed by atoms with Crippen molar-refractivity contribution in [2.45, 2.75) is 17.9 Å². The van der Waals surface area contributed by atoms with Crippen molar-refractivity contribution in [2.24, 2.45) is 10.3 Å². The van der Waals surface area contributed by atoms with E-state index in [-0.39, 0.29) is 41.4 Å². The van der Waals surface area contributed by atoms with Gasteiger partial charge in [0.05, 0.1) is 11.9 Å². The molecule has 1 atom stereocenters. The number of sulfonamides is 2. The summed E-state index contributed by atoms with van der Waals surface area (Å²) in [6.45, 7) is 0.0764. The lowest BCUT2D eigenvalue weighted by atomic mass is 9.89. The largest absolute Gasteiger partial charge is 0.511 e. The fraction of sp³-hybridized carbons (Fsp3) is 0.185.